The van der Waals surface area contributed by atoms with Gasteiger partial charge in [0, 0.05) is 56.7 Å². The summed E-state index contributed by atoms with van der Waals surface area (Å²) < 4.78 is 0. The minimum absolute atomic E-state index is 0.0449. The van der Waals surface area contributed by atoms with Crippen LogP contribution in [-0.4, -0.2) is 56.0 Å². The summed E-state index contributed by atoms with van der Waals surface area (Å²) in [6.07, 6.45) is 0. The highest BCUT2D eigenvalue weighted by Crippen LogP contribution is 2.35. The van der Waals surface area contributed by atoms with Crippen LogP contribution in [0.5, 0.6) is 0 Å². The second-order valence-corrected chi connectivity index (χ2v) is 5.48. The number of amides is 1. The maximum absolute atomic E-state index is 12.1. The van der Waals surface area contributed by atoms with Gasteiger partial charge in [0.25, 0.3) is 5.91 Å². The molecule has 0 atom stereocenters. The Morgan fingerprint density at radius 1 is 1.11 bits per heavy atom. The van der Waals surface area contributed by atoms with Crippen LogP contribution in [0.1, 0.15) is 15.9 Å². The van der Waals surface area contributed by atoms with E-state index in [1.165, 1.54) is 5.69 Å². The SMILES string of the molecule is CN1CCN(c2ccc(N)c3c2CN(C)C3=O)CC1. The van der Waals surface area contributed by atoms with Crippen molar-refractivity contribution in [3.8, 4) is 0 Å². The van der Waals surface area contributed by atoms with Gasteiger partial charge in [-0.3, -0.25) is 4.79 Å². The molecule has 2 heterocycles. The number of rotatable bonds is 1. The molecule has 1 fully saturated rings. The van der Waals surface area contributed by atoms with E-state index in [-0.39, 0.29) is 5.91 Å². The maximum atomic E-state index is 12.1. The normalized spacial score (nSPS) is 20.0. The van der Waals surface area contributed by atoms with Crippen LogP contribution in [0.25, 0.3) is 0 Å². The van der Waals surface area contributed by atoms with E-state index in [2.05, 4.69) is 22.9 Å². The number of nitrogens with two attached hydrogens (primary N) is 1. The Bertz CT molecular complexity index is 520. The molecule has 2 N–H and O–H groups in total. The van der Waals surface area contributed by atoms with Crippen molar-refractivity contribution in [3.63, 3.8) is 0 Å². The number of carbonyl (C=O) groups excluding carboxylic acids is 1. The zero-order chi connectivity index (χ0) is 13.6. The third-order valence-electron chi connectivity index (χ3n) is 4.12. The predicted octanol–water partition coefficient (Wildman–Crippen LogP) is 0.606. The van der Waals surface area contributed by atoms with Crippen LogP contribution >= 0.6 is 0 Å². The monoisotopic (exact) mass is 260 g/mol. The fourth-order valence-corrected chi connectivity index (χ4v) is 2.91. The third kappa shape index (κ3) is 1.94. The summed E-state index contributed by atoms with van der Waals surface area (Å²) in [5, 5.41) is 0. The van der Waals surface area contributed by atoms with E-state index in [1.807, 2.05) is 13.1 Å². The number of fused-ring (bicyclic) bond motifs is 1. The third-order valence-corrected chi connectivity index (χ3v) is 4.12. The Morgan fingerprint density at radius 2 is 1.79 bits per heavy atom. The van der Waals surface area contributed by atoms with Crippen LogP contribution in [0.3, 0.4) is 0 Å². The Balaban J connectivity index is 1.98. The number of benzene rings is 1. The molecule has 3 rings (SSSR count). The molecule has 5 heteroatoms. The summed E-state index contributed by atoms with van der Waals surface area (Å²) in [6.45, 7) is 4.79. The standard InChI is InChI=1S/C14H20N4O/c1-16-5-7-18(8-6-16)12-4-3-11(15)13-10(12)9-17(2)14(13)19/h3-4H,5-9,15H2,1-2H3. The van der Waals surface area contributed by atoms with E-state index in [4.69, 9.17) is 5.73 Å². The first-order valence-corrected chi connectivity index (χ1v) is 6.68. The Morgan fingerprint density at radius 3 is 2.47 bits per heavy atom. The molecule has 0 radical (unpaired) electrons. The minimum Gasteiger partial charge on any atom is -0.398 e. The largest absolute Gasteiger partial charge is 0.398 e. The number of hydrogen-bond donors (Lipinski definition) is 1. The smallest absolute Gasteiger partial charge is 0.256 e. The fraction of sp³-hybridized carbons (Fsp3) is 0.500. The van der Waals surface area contributed by atoms with Crippen molar-refractivity contribution >= 4 is 17.3 Å². The number of hydrogen-bond acceptors (Lipinski definition) is 4. The molecular formula is C14H20N4O. The fourth-order valence-electron chi connectivity index (χ4n) is 2.91. The van der Waals surface area contributed by atoms with Gasteiger partial charge in [0.15, 0.2) is 0 Å². The first-order valence-electron chi connectivity index (χ1n) is 6.68. The van der Waals surface area contributed by atoms with E-state index in [0.717, 1.165) is 31.7 Å². The quantitative estimate of drug-likeness (QED) is 0.752. The topological polar surface area (TPSA) is 52.8 Å². The van der Waals surface area contributed by atoms with Gasteiger partial charge >= 0.3 is 0 Å². The van der Waals surface area contributed by atoms with Gasteiger partial charge in [-0.1, -0.05) is 0 Å². The van der Waals surface area contributed by atoms with E-state index >= 15 is 0 Å². The number of nitrogens with zero attached hydrogens (tertiary/aromatic N) is 3. The molecule has 2 aliphatic heterocycles. The molecule has 5 nitrogen and oxygen atoms in total. The van der Waals surface area contributed by atoms with Gasteiger partial charge in [0.05, 0.1) is 5.56 Å². The van der Waals surface area contributed by atoms with Crippen LogP contribution < -0.4 is 10.6 Å². The Labute approximate surface area is 113 Å². The molecule has 1 amide bonds. The molecule has 2 aliphatic rings. The molecule has 0 unspecified atom stereocenters. The Kier molecular flexibility index (Phi) is 2.86. The lowest BCUT2D eigenvalue weighted by Crippen LogP contribution is -2.44. The lowest BCUT2D eigenvalue weighted by Gasteiger charge is -2.35. The van der Waals surface area contributed by atoms with Crippen LogP contribution in [0.15, 0.2) is 12.1 Å². The molecule has 102 valence electrons. The molecule has 0 bridgehead atoms. The average molecular weight is 260 g/mol. The average Bonchev–Trinajstić information content (AvgIpc) is 2.69. The number of likely N-dealkylation sites (N-methyl/N-ethyl adjacent to an activating group) is 1. The van der Waals surface area contributed by atoms with Gasteiger partial charge in [0.1, 0.15) is 0 Å². The molecule has 1 aromatic carbocycles. The molecule has 0 spiro atoms. The summed E-state index contributed by atoms with van der Waals surface area (Å²) in [5.41, 5.74) is 9.55. The van der Waals surface area contributed by atoms with Crippen LogP contribution in [-0.2, 0) is 6.54 Å². The van der Waals surface area contributed by atoms with E-state index < -0.39 is 0 Å². The van der Waals surface area contributed by atoms with E-state index in [9.17, 15) is 4.79 Å². The molecule has 0 aliphatic carbocycles. The molecule has 1 saturated heterocycles. The summed E-state index contributed by atoms with van der Waals surface area (Å²) >= 11 is 0. The zero-order valence-electron chi connectivity index (χ0n) is 11.5. The van der Waals surface area contributed by atoms with Crippen molar-refractivity contribution in [2.75, 3.05) is 50.9 Å². The second kappa shape index (κ2) is 4.42. The van der Waals surface area contributed by atoms with Crippen LogP contribution in [0.4, 0.5) is 11.4 Å². The highest BCUT2D eigenvalue weighted by Gasteiger charge is 2.31. The van der Waals surface area contributed by atoms with E-state index in [1.54, 1.807) is 4.90 Å². The molecule has 1 aromatic rings. The van der Waals surface area contributed by atoms with Gasteiger partial charge < -0.3 is 20.4 Å². The molecular weight excluding hydrogens is 240 g/mol. The summed E-state index contributed by atoms with van der Waals surface area (Å²) in [6, 6.07) is 3.93. The second-order valence-electron chi connectivity index (χ2n) is 5.48. The van der Waals surface area contributed by atoms with Crippen molar-refractivity contribution in [1.29, 1.82) is 0 Å². The van der Waals surface area contributed by atoms with Gasteiger partial charge in [-0.05, 0) is 19.2 Å². The van der Waals surface area contributed by atoms with Crippen molar-refractivity contribution in [2.45, 2.75) is 6.54 Å². The van der Waals surface area contributed by atoms with Gasteiger partial charge in [-0.15, -0.1) is 0 Å². The lowest BCUT2D eigenvalue weighted by atomic mass is 10.0. The Hall–Kier alpha value is -1.75. The highest BCUT2D eigenvalue weighted by atomic mass is 16.2. The zero-order valence-corrected chi connectivity index (χ0v) is 11.5. The summed E-state index contributed by atoms with van der Waals surface area (Å²) in [7, 11) is 3.97. The molecule has 0 saturated carbocycles. The molecule has 0 aromatic heterocycles. The minimum atomic E-state index is 0.0449. The van der Waals surface area contributed by atoms with E-state index in [0.29, 0.717) is 17.8 Å². The maximum Gasteiger partial charge on any atom is 0.256 e. The van der Waals surface area contributed by atoms with Gasteiger partial charge in [0.2, 0.25) is 0 Å². The van der Waals surface area contributed by atoms with Crippen molar-refractivity contribution in [3.05, 3.63) is 23.3 Å². The number of carbonyl (C=O) groups is 1. The van der Waals surface area contributed by atoms with Crippen molar-refractivity contribution in [1.82, 2.24) is 9.80 Å². The van der Waals surface area contributed by atoms with Crippen LogP contribution in [0.2, 0.25) is 0 Å². The van der Waals surface area contributed by atoms with Gasteiger partial charge in [-0.25, -0.2) is 0 Å². The van der Waals surface area contributed by atoms with Crippen molar-refractivity contribution in [2.24, 2.45) is 0 Å². The summed E-state index contributed by atoms with van der Waals surface area (Å²) in [5.74, 6) is 0.0449. The first-order chi connectivity index (χ1) is 9.08. The van der Waals surface area contributed by atoms with Crippen LogP contribution in [0, 0.1) is 0 Å². The predicted molar refractivity (Wildman–Crippen MR) is 76.4 cm³/mol. The first kappa shape index (κ1) is 12.3. The summed E-state index contributed by atoms with van der Waals surface area (Å²) in [4.78, 5) is 18.6. The number of piperazine rings is 1. The van der Waals surface area contributed by atoms with Crippen molar-refractivity contribution < 1.29 is 4.79 Å². The number of nitrogen functional groups attached to an aromatic ring is 1. The van der Waals surface area contributed by atoms with Gasteiger partial charge in [-0.2, -0.15) is 0 Å². The molecule has 19 heavy (non-hydrogen) atoms. The highest BCUT2D eigenvalue weighted by molar-refractivity contribution is 6.04. The lowest BCUT2D eigenvalue weighted by molar-refractivity contribution is 0.0817. The number of anilines is 2.